The molecule has 102 valence electrons. The summed E-state index contributed by atoms with van der Waals surface area (Å²) < 4.78 is 0. The molecule has 2 nitrogen and oxygen atoms in total. The van der Waals surface area contributed by atoms with Crippen LogP contribution in [0.4, 0.5) is 0 Å². The van der Waals surface area contributed by atoms with Crippen LogP contribution in [0.25, 0.3) is 0 Å². The van der Waals surface area contributed by atoms with Gasteiger partial charge in [-0.1, -0.05) is 83.9 Å². The van der Waals surface area contributed by atoms with Crippen LogP contribution in [0.1, 0.15) is 11.1 Å². The first-order chi connectivity index (χ1) is 9.77. The maximum atomic E-state index is 6.11. The van der Waals surface area contributed by atoms with Crippen LogP contribution in [-0.2, 0) is 0 Å². The number of hydrogen-bond donors (Lipinski definition) is 0. The Balaban J connectivity index is 1.90. The van der Waals surface area contributed by atoms with Gasteiger partial charge in [0.05, 0.1) is 13.1 Å². The second kappa shape index (κ2) is 7.83. The SMILES string of the molecule is Cl/C(=N\CC/N=C(\Cl)c1ccccc1)c1ccccc1. The van der Waals surface area contributed by atoms with E-state index >= 15 is 0 Å². The van der Waals surface area contributed by atoms with E-state index < -0.39 is 0 Å². The smallest absolute Gasteiger partial charge is 0.130 e. The summed E-state index contributed by atoms with van der Waals surface area (Å²) in [5.41, 5.74) is 1.82. The lowest BCUT2D eigenvalue weighted by Gasteiger charge is -1.99. The molecule has 4 heteroatoms. The molecular weight excluding hydrogens is 291 g/mol. The van der Waals surface area contributed by atoms with Crippen LogP contribution in [0.2, 0.25) is 0 Å². The zero-order chi connectivity index (χ0) is 14.2. The molecule has 20 heavy (non-hydrogen) atoms. The third kappa shape index (κ3) is 4.48. The number of benzene rings is 2. The van der Waals surface area contributed by atoms with Crippen LogP contribution < -0.4 is 0 Å². The van der Waals surface area contributed by atoms with E-state index in [1.807, 2.05) is 60.7 Å². The molecule has 2 aromatic rings. The summed E-state index contributed by atoms with van der Waals surface area (Å²) in [5, 5.41) is 0.994. The van der Waals surface area contributed by atoms with Gasteiger partial charge in [0.15, 0.2) is 0 Å². The Morgan fingerprint density at radius 3 is 1.35 bits per heavy atom. The molecule has 0 radical (unpaired) electrons. The van der Waals surface area contributed by atoms with Crippen molar-refractivity contribution in [2.45, 2.75) is 0 Å². The highest BCUT2D eigenvalue weighted by Gasteiger charge is 1.99. The molecule has 0 amide bonds. The molecule has 0 saturated heterocycles. The maximum Gasteiger partial charge on any atom is 0.130 e. The molecular formula is C16H14Cl2N2. The quantitative estimate of drug-likeness (QED) is 0.579. The van der Waals surface area contributed by atoms with Gasteiger partial charge in [0.1, 0.15) is 10.3 Å². The number of halogens is 2. The Kier molecular flexibility index (Phi) is 5.78. The molecule has 0 saturated carbocycles. The number of aliphatic imine (C=N–C) groups is 2. The van der Waals surface area contributed by atoms with Crippen molar-refractivity contribution < 1.29 is 0 Å². The molecule has 0 fully saturated rings. The summed E-state index contributed by atoms with van der Waals surface area (Å²) in [6.07, 6.45) is 0. The van der Waals surface area contributed by atoms with Crippen molar-refractivity contribution in [3.63, 3.8) is 0 Å². The minimum absolute atomic E-state index is 0.497. The monoisotopic (exact) mass is 304 g/mol. The summed E-state index contributed by atoms with van der Waals surface area (Å²) >= 11 is 12.2. The lowest BCUT2D eigenvalue weighted by Crippen LogP contribution is -1.98. The van der Waals surface area contributed by atoms with Crippen molar-refractivity contribution in [3.05, 3.63) is 71.8 Å². The first-order valence-corrected chi connectivity index (χ1v) is 7.03. The van der Waals surface area contributed by atoms with Crippen LogP contribution >= 0.6 is 23.2 Å². The largest absolute Gasteiger partial charge is 0.271 e. The summed E-state index contributed by atoms with van der Waals surface area (Å²) in [6.45, 7) is 1.02. The highest BCUT2D eigenvalue weighted by molar-refractivity contribution is 6.70. The number of nitrogens with zero attached hydrogens (tertiary/aromatic N) is 2. The summed E-state index contributed by atoms with van der Waals surface area (Å²) in [4.78, 5) is 8.55. The summed E-state index contributed by atoms with van der Waals surface area (Å²) in [7, 11) is 0. The standard InChI is InChI=1S/C16H14Cl2N2/c17-15(13-7-3-1-4-8-13)19-11-12-20-16(18)14-9-5-2-6-10-14/h1-10H,11-12H2/b19-15-,20-16-. The Morgan fingerprint density at radius 2 is 1.00 bits per heavy atom. The minimum atomic E-state index is 0.497. The second-order valence-electron chi connectivity index (χ2n) is 4.08. The number of rotatable bonds is 5. The minimum Gasteiger partial charge on any atom is -0.271 e. The third-order valence-electron chi connectivity index (χ3n) is 2.63. The van der Waals surface area contributed by atoms with Gasteiger partial charge in [-0.05, 0) is 0 Å². The van der Waals surface area contributed by atoms with Crippen molar-refractivity contribution >= 4 is 33.5 Å². The Labute approximate surface area is 128 Å². The molecule has 2 rings (SSSR count). The molecule has 0 N–H and O–H groups in total. The van der Waals surface area contributed by atoms with Crippen LogP contribution in [0, 0.1) is 0 Å². The number of hydrogen-bond acceptors (Lipinski definition) is 2. The molecule has 0 aromatic heterocycles. The van der Waals surface area contributed by atoms with Gasteiger partial charge in [-0.15, -0.1) is 0 Å². The zero-order valence-electron chi connectivity index (χ0n) is 10.8. The van der Waals surface area contributed by atoms with Gasteiger partial charge in [-0.2, -0.15) is 0 Å². The van der Waals surface area contributed by atoms with Gasteiger partial charge in [-0.25, -0.2) is 0 Å². The zero-order valence-corrected chi connectivity index (χ0v) is 12.3. The second-order valence-corrected chi connectivity index (χ2v) is 4.79. The fraction of sp³-hybridized carbons (Fsp3) is 0.125. The van der Waals surface area contributed by atoms with Gasteiger partial charge in [0.25, 0.3) is 0 Å². The van der Waals surface area contributed by atoms with E-state index in [2.05, 4.69) is 9.98 Å². The van der Waals surface area contributed by atoms with Gasteiger partial charge in [-0.3, -0.25) is 9.98 Å². The fourth-order valence-electron chi connectivity index (χ4n) is 1.63. The summed E-state index contributed by atoms with van der Waals surface area (Å²) in [5.74, 6) is 0. The molecule has 2 aromatic carbocycles. The van der Waals surface area contributed by atoms with Crippen molar-refractivity contribution in [3.8, 4) is 0 Å². The van der Waals surface area contributed by atoms with Crippen molar-refractivity contribution in [1.82, 2.24) is 0 Å². The van der Waals surface area contributed by atoms with Gasteiger partial charge < -0.3 is 0 Å². The maximum absolute atomic E-state index is 6.11. The molecule has 0 aliphatic heterocycles. The van der Waals surface area contributed by atoms with Crippen LogP contribution in [0.5, 0.6) is 0 Å². The van der Waals surface area contributed by atoms with E-state index in [1.165, 1.54) is 0 Å². The Bertz CT molecular complexity index is 537. The van der Waals surface area contributed by atoms with Crippen molar-refractivity contribution in [1.29, 1.82) is 0 Å². The molecule has 0 heterocycles. The first kappa shape index (κ1) is 14.8. The molecule has 0 spiro atoms. The lowest BCUT2D eigenvalue weighted by molar-refractivity contribution is 0.982. The molecule has 0 atom stereocenters. The van der Waals surface area contributed by atoms with E-state index in [1.54, 1.807) is 0 Å². The highest BCUT2D eigenvalue weighted by Crippen LogP contribution is 2.06. The first-order valence-electron chi connectivity index (χ1n) is 6.28. The van der Waals surface area contributed by atoms with Crippen LogP contribution in [-0.4, -0.2) is 23.4 Å². The van der Waals surface area contributed by atoms with E-state index in [0.29, 0.717) is 23.4 Å². The topological polar surface area (TPSA) is 24.7 Å². The Morgan fingerprint density at radius 1 is 0.650 bits per heavy atom. The molecule has 0 aliphatic carbocycles. The van der Waals surface area contributed by atoms with E-state index in [0.717, 1.165) is 11.1 Å². The molecule has 0 bridgehead atoms. The van der Waals surface area contributed by atoms with Gasteiger partial charge >= 0.3 is 0 Å². The Hall–Kier alpha value is -1.64. The normalized spacial score (nSPS) is 12.5. The van der Waals surface area contributed by atoms with Crippen LogP contribution in [0.15, 0.2) is 70.6 Å². The van der Waals surface area contributed by atoms with E-state index in [9.17, 15) is 0 Å². The predicted octanol–water partition coefficient (Wildman–Crippen LogP) is 4.36. The summed E-state index contributed by atoms with van der Waals surface area (Å²) in [6, 6.07) is 19.3. The van der Waals surface area contributed by atoms with E-state index in [4.69, 9.17) is 23.2 Å². The van der Waals surface area contributed by atoms with Crippen LogP contribution in [0.3, 0.4) is 0 Å². The van der Waals surface area contributed by atoms with Crippen molar-refractivity contribution in [2.75, 3.05) is 13.1 Å². The predicted molar refractivity (Wildman–Crippen MR) is 87.4 cm³/mol. The third-order valence-corrected chi connectivity index (χ3v) is 3.30. The fourth-order valence-corrected chi connectivity index (χ4v) is 2.05. The van der Waals surface area contributed by atoms with Gasteiger partial charge in [0.2, 0.25) is 0 Å². The van der Waals surface area contributed by atoms with Crippen molar-refractivity contribution in [2.24, 2.45) is 9.98 Å². The molecule has 0 unspecified atom stereocenters. The average molecular weight is 305 g/mol. The lowest BCUT2D eigenvalue weighted by atomic mass is 10.2. The van der Waals surface area contributed by atoms with Gasteiger partial charge in [0, 0.05) is 11.1 Å². The molecule has 0 aliphatic rings. The highest BCUT2D eigenvalue weighted by atomic mass is 35.5. The van der Waals surface area contributed by atoms with E-state index in [-0.39, 0.29) is 0 Å². The average Bonchev–Trinajstić information content (AvgIpc) is 2.53.